The van der Waals surface area contributed by atoms with Crippen molar-refractivity contribution < 1.29 is 13.5 Å². The van der Waals surface area contributed by atoms with Crippen molar-refractivity contribution in [2.75, 3.05) is 5.73 Å². The number of nitrogens with two attached hydrogens (primary N) is 1. The summed E-state index contributed by atoms with van der Waals surface area (Å²) < 4.78 is 25.2. The highest BCUT2D eigenvalue weighted by molar-refractivity contribution is 7.91. The lowest BCUT2D eigenvalue weighted by atomic mass is 10.3. The van der Waals surface area contributed by atoms with Gasteiger partial charge >= 0.3 is 0 Å². The Morgan fingerprint density at radius 3 is 2.60 bits per heavy atom. The molecule has 2 aromatic rings. The third-order valence-corrected chi connectivity index (χ3v) is 5.55. The number of phenols is 1. The maximum Gasteiger partial charge on any atom is 0.191 e. The Hall–Kier alpha value is -1.79. The Kier molecular flexibility index (Phi) is 3.87. The summed E-state index contributed by atoms with van der Waals surface area (Å²) in [6, 6.07) is 7.67. The zero-order valence-corrected chi connectivity index (χ0v) is 12.2. The summed E-state index contributed by atoms with van der Waals surface area (Å²) >= 11 is 5.90. The Bertz CT molecular complexity index is 733. The standard InChI is InChI=1S/C13H13ClN2O3S/c1-8(11-4-2-3-7-16-11)20(18,19)13-9(14)5-6-10(15)12(13)17/h2-8,17H,15H2,1H3. The number of sulfone groups is 1. The Morgan fingerprint density at radius 2 is 2.00 bits per heavy atom. The van der Waals surface area contributed by atoms with E-state index < -0.39 is 20.8 Å². The minimum atomic E-state index is -3.90. The monoisotopic (exact) mass is 312 g/mol. The van der Waals surface area contributed by atoms with Gasteiger partial charge in [0.2, 0.25) is 0 Å². The molecule has 1 atom stereocenters. The van der Waals surface area contributed by atoms with Crippen LogP contribution in [0.4, 0.5) is 5.69 Å². The molecule has 0 spiro atoms. The maximum absolute atomic E-state index is 12.6. The fourth-order valence-electron chi connectivity index (χ4n) is 1.78. The van der Waals surface area contributed by atoms with E-state index in [4.69, 9.17) is 17.3 Å². The van der Waals surface area contributed by atoms with E-state index in [-0.39, 0.29) is 15.6 Å². The largest absolute Gasteiger partial charge is 0.504 e. The molecule has 0 aliphatic heterocycles. The number of rotatable bonds is 3. The predicted molar refractivity (Wildman–Crippen MR) is 77.4 cm³/mol. The van der Waals surface area contributed by atoms with Crippen LogP contribution in [-0.4, -0.2) is 18.5 Å². The summed E-state index contributed by atoms with van der Waals surface area (Å²) in [5, 5.41) is 8.88. The lowest BCUT2D eigenvalue weighted by Gasteiger charge is -2.15. The fraction of sp³-hybridized carbons (Fsp3) is 0.154. The number of hydrogen-bond acceptors (Lipinski definition) is 5. The van der Waals surface area contributed by atoms with Crippen molar-refractivity contribution in [1.82, 2.24) is 4.98 Å². The van der Waals surface area contributed by atoms with Gasteiger partial charge in [0.25, 0.3) is 0 Å². The zero-order chi connectivity index (χ0) is 14.9. The van der Waals surface area contributed by atoms with E-state index >= 15 is 0 Å². The minimum absolute atomic E-state index is 0.0406. The molecule has 1 heterocycles. The van der Waals surface area contributed by atoms with Crippen LogP contribution in [0.15, 0.2) is 41.4 Å². The van der Waals surface area contributed by atoms with E-state index in [0.29, 0.717) is 5.69 Å². The fourth-order valence-corrected chi connectivity index (χ4v) is 3.80. The highest BCUT2D eigenvalue weighted by atomic mass is 35.5. The molecule has 0 saturated heterocycles. The molecule has 1 aromatic heterocycles. The van der Waals surface area contributed by atoms with Crippen molar-refractivity contribution in [3.63, 3.8) is 0 Å². The summed E-state index contributed by atoms with van der Waals surface area (Å²) in [4.78, 5) is 3.65. The normalized spacial score (nSPS) is 13.1. The highest BCUT2D eigenvalue weighted by Gasteiger charge is 2.31. The van der Waals surface area contributed by atoms with E-state index in [1.807, 2.05) is 0 Å². The average Bonchev–Trinajstić information content (AvgIpc) is 2.43. The Balaban J connectivity index is 2.60. The summed E-state index contributed by atoms with van der Waals surface area (Å²) in [5.41, 5.74) is 5.86. The number of benzene rings is 1. The molecule has 0 radical (unpaired) electrons. The lowest BCUT2D eigenvalue weighted by Crippen LogP contribution is -2.13. The van der Waals surface area contributed by atoms with Crippen LogP contribution in [0.3, 0.4) is 0 Å². The predicted octanol–water partition coefficient (Wildman–Crippen LogP) is 2.56. The lowest BCUT2D eigenvalue weighted by molar-refractivity contribution is 0.461. The Morgan fingerprint density at radius 1 is 1.30 bits per heavy atom. The second kappa shape index (κ2) is 5.30. The zero-order valence-electron chi connectivity index (χ0n) is 10.6. The number of nitrogen functional groups attached to an aromatic ring is 1. The molecule has 5 nitrogen and oxygen atoms in total. The number of aromatic hydroxyl groups is 1. The molecule has 1 aromatic carbocycles. The molecule has 0 amide bonds. The molecule has 0 fully saturated rings. The first-order chi connectivity index (χ1) is 9.35. The van der Waals surface area contributed by atoms with Gasteiger partial charge in [-0.1, -0.05) is 17.7 Å². The van der Waals surface area contributed by atoms with E-state index in [1.165, 1.54) is 25.3 Å². The minimum Gasteiger partial charge on any atom is -0.504 e. The number of hydrogen-bond donors (Lipinski definition) is 2. The van der Waals surface area contributed by atoms with Crippen LogP contribution in [-0.2, 0) is 9.84 Å². The van der Waals surface area contributed by atoms with Crippen LogP contribution in [0.2, 0.25) is 5.02 Å². The molecule has 0 aliphatic rings. The van der Waals surface area contributed by atoms with Gasteiger partial charge in [0, 0.05) is 6.20 Å². The number of halogens is 1. The second-order valence-electron chi connectivity index (χ2n) is 4.26. The van der Waals surface area contributed by atoms with Gasteiger partial charge in [0.1, 0.15) is 10.1 Å². The van der Waals surface area contributed by atoms with Gasteiger partial charge in [0.15, 0.2) is 15.6 Å². The third kappa shape index (κ3) is 2.44. The first-order valence-corrected chi connectivity index (χ1v) is 7.70. The van der Waals surface area contributed by atoms with Gasteiger partial charge in [-0.3, -0.25) is 4.98 Å². The van der Waals surface area contributed by atoms with Crippen molar-refractivity contribution in [2.24, 2.45) is 0 Å². The number of nitrogens with zero attached hydrogens (tertiary/aromatic N) is 1. The number of phenolic OH excluding ortho intramolecular Hbond substituents is 1. The smallest absolute Gasteiger partial charge is 0.191 e. The Labute approximate surface area is 122 Å². The number of pyridine rings is 1. The molecule has 1 unspecified atom stereocenters. The molecular weight excluding hydrogens is 300 g/mol. The molecular formula is C13H13ClN2O3S. The summed E-state index contributed by atoms with van der Waals surface area (Å²) in [6.07, 6.45) is 1.50. The molecule has 0 bridgehead atoms. The van der Waals surface area contributed by atoms with E-state index in [2.05, 4.69) is 4.98 Å². The van der Waals surface area contributed by atoms with Crippen molar-refractivity contribution in [2.45, 2.75) is 17.1 Å². The molecule has 0 aliphatic carbocycles. The maximum atomic E-state index is 12.6. The van der Waals surface area contributed by atoms with Crippen molar-refractivity contribution in [1.29, 1.82) is 0 Å². The van der Waals surface area contributed by atoms with Gasteiger partial charge in [0.05, 0.1) is 16.4 Å². The van der Waals surface area contributed by atoms with Crippen molar-refractivity contribution in [3.05, 3.63) is 47.2 Å². The molecule has 106 valence electrons. The molecule has 2 rings (SSSR count). The van der Waals surface area contributed by atoms with Gasteiger partial charge in [-0.05, 0) is 31.2 Å². The first kappa shape index (κ1) is 14.6. The molecule has 3 N–H and O–H groups in total. The third-order valence-electron chi connectivity index (χ3n) is 2.97. The van der Waals surface area contributed by atoms with E-state index in [0.717, 1.165) is 0 Å². The van der Waals surface area contributed by atoms with Crippen molar-refractivity contribution >= 4 is 27.1 Å². The van der Waals surface area contributed by atoms with Crippen LogP contribution >= 0.6 is 11.6 Å². The van der Waals surface area contributed by atoms with Crippen LogP contribution in [0.5, 0.6) is 5.75 Å². The summed E-state index contributed by atoms with van der Waals surface area (Å²) in [5.74, 6) is -0.528. The van der Waals surface area contributed by atoms with E-state index in [1.54, 1.807) is 18.2 Å². The van der Waals surface area contributed by atoms with Crippen LogP contribution in [0, 0.1) is 0 Å². The van der Waals surface area contributed by atoms with Crippen LogP contribution in [0.1, 0.15) is 17.9 Å². The number of aromatic nitrogens is 1. The average molecular weight is 313 g/mol. The first-order valence-electron chi connectivity index (χ1n) is 5.77. The SMILES string of the molecule is CC(c1ccccn1)S(=O)(=O)c1c(Cl)ccc(N)c1O. The topological polar surface area (TPSA) is 93.3 Å². The summed E-state index contributed by atoms with van der Waals surface area (Å²) in [7, 11) is -3.90. The van der Waals surface area contributed by atoms with Gasteiger partial charge < -0.3 is 10.8 Å². The van der Waals surface area contributed by atoms with Gasteiger partial charge in [-0.25, -0.2) is 8.42 Å². The molecule has 7 heteroatoms. The second-order valence-corrected chi connectivity index (χ2v) is 6.87. The molecule has 0 saturated carbocycles. The number of anilines is 1. The summed E-state index contributed by atoms with van der Waals surface area (Å²) in [6.45, 7) is 1.48. The molecule has 20 heavy (non-hydrogen) atoms. The quantitative estimate of drug-likeness (QED) is 0.671. The van der Waals surface area contributed by atoms with Crippen LogP contribution < -0.4 is 5.73 Å². The van der Waals surface area contributed by atoms with E-state index in [9.17, 15) is 13.5 Å². The van der Waals surface area contributed by atoms with Gasteiger partial charge in [-0.15, -0.1) is 0 Å². The van der Waals surface area contributed by atoms with Crippen LogP contribution in [0.25, 0.3) is 0 Å². The van der Waals surface area contributed by atoms with Gasteiger partial charge in [-0.2, -0.15) is 0 Å². The highest BCUT2D eigenvalue weighted by Crippen LogP contribution is 2.40. The van der Waals surface area contributed by atoms with Crippen molar-refractivity contribution in [3.8, 4) is 5.75 Å².